The number of hydrogen-bond acceptors (Lipinski definition) is 5. The zero-order valence-electron chi connectivity index (χ0n) is 23.0. The summed E-state index contributed by atoms with van der Waals surface area (Å²) in [4.78, 5) is 40.8. The molecule has 3 amide bonds. The van der Waals surface area contributed by atoms with Crippen LogP contribution in [-0.4, -0.2) is 36.6 Å². The molecule has 1 fully saturated rings. The molecule has 0 radical (unpaired) electrons. The molecule has 1 aliphatic rings. The fourth-order valence-electron chi connectivity index (χ4n) is 4.56. The van der Waals surface area contributed by atoms with Crippen molar-refractivity contribution in [3.8, 4) is 0 Å². The third kappa shape index (κ3) is 10.1. The van der Waals surface area contributed by atoms with E-state index in [4.69, 9.17) is 9.47 Å². The topological polar surface area (TPSA) is 118 Å². The molecule has 3 aromatic rings. The Hall–Kier alpha value is -4.66. The van der Waals surface area contributed by atoms with Gasteiger partial charge in [0.15, 0.2) is 0 Å². The van der Waals surface area contributed by atoms with E-state index in [1.165, 1.54) is 5.56 Å². The molecule has 0 unspecified atom stereocenters. The Bertz CT molecular complexity index is 1290. The molecule has 4 rings (SSSR count). The van der Waals surface area contributed by atoms with Crippen molar-refractivity contribution in [3.63, 3.8) is 0 Å². The second kappa shape index (κ2) is 15.8. The molecule has 1 aliphatic heterocycles. The van der Waals surface area contributed by atoms with Gasteiger partial charge in [-0.2, -0.15) is 0 Å². The van der Waals surface area contributed by atoms with Crippen molar-refractivity contribution < 1.29 is 23.9 Å². The van der Waals surface area contributed by atoms with Crippen molar-refractivity contribution >= 4 is 24.1 Å². The number of guanidine groups is 1. The highest BCUT2D eigenvalue weighted by Crippen LogP contribution is 2.25. The smallest absolute Gasteiger partial charge is 0.437 e. The SMILES string of the molecule is O=C(N=C(NCCCC[C@@H]1C(=O)N[C@H]1CCc1ccccc1)NC(=O)OCc1ccccc1)OCc1ccccc1. The van der Waals surface area contributed by atoms with Crippen LogP contribution in [0, 0.1) is 5.92 Å². The predicted molar refractivity (Wildman–Crippen MR) is 156 cm³/mol. The van der Waals surface area contributed by atoms with Crippen LogP contribution < -0.4 is 16.0 Å². The van der Waals surface area contributed by atoms with Crippen LogP contribution in [0.4, 0.5) is 9.59 Å². The molecule has 214 valence electrons. The van der Waals surface area contributed by atoms with Crippen molar-refractivity contribution in [2.45, 2.75) is 51.4 Å². The fraction of sp³-hybridized carbons (Fsp3) is 0.312. The summed E-state index contributed by atoms with van der Waals surface area (Å²) in [5.41, 5.74) is 2.92. The molecular formula is C32H36N4O5. The average molecular weight is 557 g/mol. The Morgan fingerprint density at radius 3 is 1.95 bits per heavy atom. The second-order valence-corrected chi connectivity index (χ2v) is 9.86. The van der Waals surface area contributed by atoms with Crippen molar-refractivity contribution in [2.24, 2.45) is 10.9 Å². The number of benzene rings is 3. The monoisotopic (exact) mass is 556 g/mol. The second-order valence-electron chi connectivity index (χ2n) is 9.86. The maximum absolute atomic E-state index is 12.4. The summed E-state index contributed by atoms with van der Waals surface area (Å²) in [6.07, 6.45) is 2.54. The van der Waals surface area contributed by atoms with Gasteiger partial charge in [0.25, 0.3) is 0 Å². The minimum Gasteiger partial charge on any atom is -0.444 e. The van der Waals surface area contributed by atoms with Gasteiger partial charge in [-0.25, -0.2) is 9.59 Å². The maximum Gasteiger partial charge on any atom is 0.437 e. The number of amides is 3. The van der Waals surface area contributed by atoms with Crippen LogP contribution in [0.5, 0.6) is 0 Å². The molecule has 1 heterocycles. The third-order valence-electron chi connectivity index (χ3n) is 6.81. The van der Waals surface area contributed by atoms with Crippen molar-refractivity contribution in [2.75, 3.05) is 6.54 Å². The summed E-state index contributed by atoms with van der Waals surface area (Å²) in [6, 6.07) is 29.0. The number of hydrogen-bond donors (Lipinski definition) is 3. The summed E-state index contributed by atoms with van der Waals surface area (Å²) in [7, 11) is 0. The lowest BCUT2D eigenvalue weighted by Gasteiger charge is -2.37. The number of nitrogens with one attached hydrogen (secondary N) is 3. The number of alkyl carbamates (subject to hydrolysis) is 1. The molecule has 9 heteroatoms. The van der Waals surface area contributed by atoms with Crippen LogP contribution in [0.1, 0.15) is 42.4 Å². The zero-order chi connectivity index (χ0) is 28.7. The van der Waals surface area contributed by atoms with Gasteiger partial charge in [0.2, 0.25) is 11.9 Å². The number of carbonyl (C=O) groups excluding carboxylic acids is 3. The van der Waals surface area contributed by atoms with Crippen LogP contribution in [-0.2, 0) is 33.9 Å². The largest absolute Gasteiger partial charge is 0.444 e. The quantitative estimate of drug-likeness (QED) is 0.123. The molecule has 2 atom stereocenters. The highest BCUT2D eigenvalue weighted by Gasteiger charge is 2.37. The Labute approximate surface area is 240 Å². The first kappa shape index (κ1) is 29.3. The van der Waals surface area contributed by atoms with Crippen molar-refractivity contribution in [1.82, 2.24) is 16.0 Å². The van der Waals surface area contributed by atoms with Gasteiger partial charge >= 0.3 is 12.2 Å². The Morgan fingerprint density at radius 1 is 0.756 bits per heavy atom. The van der Waals surface area contributed by atoms with E-state index in [9.17, 15) is 14.4 Å². The number of nitrogens with zero attached hydrogens (tertiary/aromatic N) is 1. The van der Waals surface area contributed by atoms with Crippen molar-refractivity contribution in [1.29, 1.82) is 0 Å². The predicted octanol–water partition coefficient (Wildman–Crippen LogP) is 5.11. The van der Waals surface area contributed by atoms with E-state index in [0.717, 1.165) is 36.8 Å². The number of aliphatic imine (C=N–C) groups is 1. The average Bonchev–Trinajstić information content (AvgIpc) is 3.00. The standard InChI is InChI=1S/C32H36N4O5/c37-29-27(28(34-29)20-19-24-12-4-1-5-13-24)18-10-11-21-33-30(35-31(38)40-22-25-14-6-2-7-15-25)36-32(39)41-23-26-16-8-3-9-17-26/h1-9,12-17,27-28H,10-11,18-23H2,(H,34,37)(H2,33,35,36,38,39)/t27-,28-/m0/s1. The number of carbonyl (C=O) groups is 3. The van der Waals surface area contributed by atoms with Gasteiger partial charge in [0.1, 0.15) is 13.2 Å². The van der Waals surface area contributed by atoms with Gasteiger partial charge in [0.05, 0.1) is 5.92 Å². The molecule has 0 bridgehead atoms. The lowest BCUT2D eigenvalue weighted by Crippen LogP contribution is -2.58. The molecule has 41 heavy (non-hydrogen) atoms. The Balaban J connectivity index is 1.23. The van der Waals surface area contributed by atoms with Gasteiger partial charge in [0, 0.05) is 12.6 Å². The summed E-state index contributed by atoms with van der Waals surface area (Å²) >= 11 is 0. The summed E-state index contributed by atoms with van der Waals surface area (Å²) in [5.74, 6) is 0.0522. The summed E-state index contributed by atoms with van der Waals surface area (Å²) in [6.45, 7) is 0.573. The van der Waals surface area contributed by atoms with Crippen LogP contribution >= 0.6 is 0 Å². The number of unbranched alkanes of at least 4 members (excludes halogenated alkanes) is 1. The van der Waals surface area contributed by atoms with Crippen LogP contribution in [0.3, 0.4) is 0 Å². The lowest BCUT2D eigenvalue weighted by atomic mass is 9.82. The number of β-lactam (4-membered cyclic amide) rings is 1. The number of aryl methyl sites for hydroxylation is 1. The van der Waals surface area contributed by atoms with Crippen LogP contribution in [0.15, 0.2) is 96.0 Å². The van der Waals surface area contributed by atoms with E-state index < -0.39 is 12.2 Å². The Kier molecular flexibility index (Phi) is 11.3. The van der Waals surface area contributed by atoms with E-state index in [1.807, 2.05) is 78.9 Å². The molecule has 9 nitrogen and oxygen atoms in total. The van der Waals surface area contributed by atoms with E-state index in [1.54, 1.807) is 0 Å². The summed E-state index contributed by atoms with van der Waals surface area (Å²) < 4.78 is 10.5. The van der Waals surface area contributed by atoms with E-state index in [-0.39, 0.29) is 37.0 Å². The molecule has 3 N–H and O–H groups in total. The molecule has 1 saturated heterocycles. The molecule has 0 aliphatic carbocycles. The minimum absolute atomic E-state index is 0.00547. The maximum atomic E-state index is 12.4. The van der Waals surface area contributed by atoms with Gasteiger partial charge in [-0.05, 0) is 42.4 Å². The first-order valence-electron chi connectivity index (χ1n) is 13.9. The molecule has 0 spiro atoms. The number of rotatable bonds is 12. The van der Waals surface area contributed by atoms with Gasteiger partial charge in [-0.15, -0.1) is 4.99 Å². The zero-order valence-corrected chi connectivity index (χ0v) is 23.0. The first-order valence-corrected chi connectivity index (χ1v) is 13.9. The molecular weight excluding hydrogens is 520 g/mol. The van der Waals surface area contributed by atoms with Gasteiger partial charge < -0.3 is 20.1 Å². The normalized spacial score (nSPS) is 16.2. The van der Waals surface area contributed by atoms with Gasteiger partial charge in [-0.1, -0.05) is 97.4 Å². The van der Waals surface area contributed by atoms with E-state index in [2.05, 4.69) is 33.1 Å². The molecule has 3 aromatic carbocycles. The number of ether oxygens (including phenoxy) is 2. The third-order valence-corrected chi connectivity index (χ3v) is 6.81. The first-order chi connectivity index (χ1) is 20.1. The summed E-state index contributed by atoms with van der Waals surface area (Å²) in [5, 5.41) is 8.52. The van der Waals surface area contributed by atoms with E-state index in [0.29, 0.717) is 13.0 Å². The lowest BCUT2D eigenvalue weighted by molar-refractivity contribution is -0.135. The highest BCUT2D eigenvalue weighted by molar-refractivity contribution is 5.98. The van der Waals surface area contributed by atoms with Gasteiger partial charge in [-0.3, -0.25) is 10.1 Å². The van der Waals surface area contributed by atoms with Crippen LogP contribution in [0.2, 0.25) is 0 Å². The van der Waals surface area contributed by atoms with Crippen LogP contribution in [0.25, 0.3) is 0 Å². The van der Waals surface area contributed by atoms with E-state index >= 15 is 0 Å². The molecule has 0 saturated carbocycles. The Morgan fingerprint density at radius 2 is 1.34 bits per heavy atom. The fourth-order valence-corrected chi connectivity index (χ4v) is 4.56. The minimum atomic E-state index is -0.841. The highest BCUT2D eigenvalue weighted by atomic mass is 16.6. The molecule has 0 aromatic heterocycles. The van der Waals surface area contributed by atoms with Crippen molar-refractivity contribution in [3.05, 3.63) is 108 Å².